The second-order valence-corrected chi connectivity index (χ2v) is 5.19. The molecule has 1 aromatic heterocycles. The quantitative estimate of drug-likeness (QED) is 0.878. The van der Waals surface area contributed by atoms with Gasteiger partial charge in [-0.3, -0.25) is 4.90 Å². The molecular weight excluding hydrogens is 254 g/mol. The van der Waals surface area contributed by atoms with E-state index in [1.807, 2.05) is 32.3 Å². The number of nitrogens with zero attached hydrogens (tertiary/aromatic N) is 3. The second-order valence-electron chi connectivity index (χ2n) is 5.19. The van der Waals surface area contributed by atoms with Crippen LogP contribution in [0.2, 0.25) is 0 Å². The maximum Gasteiger partial charge on any atom is 0.126 e. The summed E-state index contributed by atoms with van der Waals surface area (Å²) in [4.78, 5) is 6.89. The van der Waals surface area contributed by atoms with Gasteiger partial charge in [-0.2, -0.15) is 0 Å². The first-order valence-corrected chi connectivity index (χ1v) is 6.90. The normalized spacial score (nSPS) is 13.1. The van der Waals surface area contributed by atoms with E-state index < -0.39 is 0 Å². The van der Waals surface area contributed by atoms with Gasteiger partial charge in [-0.15, -0.1) is 0 Å². The van der Waals surface area contributed by atoms with Gasteiger partial charge in [0.15, 0.2) is 0 Å². The Hall–Kier alpha value is -1.59. The SMILES string of the molecule is COc1ccc2c(c1)nc(C(C)N(C)C)n2CCCO. The Labute approximate surface area is 119 Å². The molecule has 20 heavy (non-hydrogen) atoms. The molecule has 0 aliphatic carbocycles. The number of methoxy groups -OCH3 is 1. The van der Waals surface area contributed by atoms with Gasteiger partial charge in [0.05, 0.1) is 24.2 Å². The first-order chi connectivity index (χ1) is 9.58. The highest BCUT2D eigenvalue weighted by molar-refractivity contribution is 5.78. The second kappa shape index (κ2) is 6.24. The van der Waals surface area contributed by atoms with E-state index in [0.717, 1.165) is 35.6 Å². The zero-order chi connectivity index (χ0) is 14.7. The van der Waals surface area contributed by atoms with Crippen molar-refractivity contribution in [2.75, 3.05) is 27.8 Å². The van der Waals surface area contributed by atoms with Crippen molar-refractivity contribution in [3.05, 3.63) is 24.0 Å². The number of fused-ring (bicyclic) bond motifs is 1. The summed E-state index contributed by atoms with van der Waals surface area (Å²) >= 11 is 0. The third kappa shape index (κ3) is 2.78. The van der Waals surface area contributed by atoms with Gasteiger partial charge in [0.25, 0.3) is 0 Å². The molecule has 0 amide bonds. The lowest BCUT2D eigenvalue weighted by molar-refractivity contribution is 0.272. The van der Waals surface area contributed by atoms with E-state index in [2.05, 4.69) is 16.4 Å². The van der Waals surface area contributed by atoms with Gasteiger partial charge < -0.3 is 14.4 Å². The summed E-state index contributed by atoms with van der Waals surface area (Å²) in [5, 5.41) is 9.09. The van der Waals surface area contributed by atoms with E-state index in [4.69, 9.17) is 14.8 Å². The minimum absolute atomic E-state index is 0.186. The summed E-state index contributed by atoms with van der Waals surface area (Å²) in [5.74, 6) is 1.83. The van der Waals surface area contributed by atoms with Crippen LogP contribution in [0, 0.1) is 0 Å². The van der Waals surface area contributed by atoms with Crippen LogP contribution in [0.4, 0.5) is 0 Å². The van der Waals surface area contributed by atoms with Crippen LogP contribution >= 0.6 is 0 Å². The molecule has 0 saturated carbocycles. The molecule has 5 nitrogen and oxygen atoms in total. The van der Waals surface area contributed by atoms with Gasteiger partial charge in [0.1, 0.15) is 11.6 Å². The van der Waals surface area contributed by atoms with Crippen molar-refractivity contribution in [1.29, 1.82) is 0 Å². The van der Waals surface area contributed by atoms with E-state index in [-0.39, 0.29) is 12.6 Å². The highest BCUT2D eigenvalue weighted by Crippen LogP contribution is 2.26. The van der Waals surface area contributed by atoms with Crippen LogP contribution < -0.4 is 4.74 Å². The zero-order valence-electron chi connectivity index (χ0n) is 12.6. The summed E-state index contributed by atoms with van der Waals surface area (Å²) in [6, 6.07) is 6.15. The molecule has 5 heteroatoms. The standard InChI is InChI=1S/C15H23N3O2/c1-11(17(2)3)15-16-13-10-12(20-4)6-7-14(13)18(15)8-5-9-19/h6-7,10-11,19H,5,8-9H2,1-4H3. The topological polar surface area (TPSA) is 50.5 Å². The summed E-state index contributed by atoms with van der Waals surface area (Å²) in [6.07, 6.45) is 0.727. The molecule has 1 aromatic carbocycles. The Bertz CT molecular complexity index is 578. The maximum absolute atomic E-state index is 9.09. The predicted molar refractivity (Wildman–Crippen MR) is 80.1 cm³/mol. The van der Waals surface area contributed by atoms with Gasteiger partial charge >= 0.3 is 0 Å². The van der Waals surface area contributed by atoms with Crippen molar-refractivity contribution in [3.63, 3.8) is 0 Å². The molecule has 0 aliphatic rings. The molecular formula is C15H23N3O2. The predicted octanol–water partition coefficient (Wildman–Crippen LogP) is 2.05. The molecule has 0 spiro atoms. The Morgan fingerprint density at radius 1 is 1.40 bits per heavy atom. The zero-order valence-corrected chi connectivity index (χ0v) is 12.6. The summed E-state index contributed by atoms with van der Waals surface area (Å²) in [7, 11) is 5.75. The average molecular weight is 277 g/mol. The number of aliphatic hydroxyl groups is 1. The van der Waals surface area contributed by atoms with Gasteiger partial charge in [-0.1, -0.05) is 0 Å². The van der Waals surface area contributed by atoms with Crippen LogP contribution in [0.3, 0.4) is 0 Å². The number of hydrogen-bond donors (Lipinski definition) is 1. The van der Waals surface area contributed by atoms with Crippen LogP contribution in [0.1, 0.15) is 25.2 Å². The van der Waals surface area contributed by atoms with Crippen LogP contribution in [0.15, 0.2) is 18.2 Å². The lowest BCUT2D eigenvalue weighted by Crippen LogP contribution is -2.21. The highest BCUT2D eigenvalue weighted by Gasteiger charge is 2.18. The monoisotopic (exact) mass is 277 g/mol. The fraction of sp³-hybridized carbons (Fsp3) is 0.533. The molecule has 0 saturated heterocycles. The highest BCUT2D eigenvalue weighted by atomic mass is 16.5. The summed E-state index contributed by atoms with van der Waals surface area (Å²) < 4.78 is 7.45. The molecule has 0 aliphatic heterocycles. The van der Waals surface area contributed by atoms with Crippen LogP contribution in [0.25, 0.3) is 11.0 Å². The molecule has 110 valence electrons. The maximum atomic E-state index is 9.09. The lowest BCUT2D eigenvalue weighted by atomic mass is 10.2. The number of benzene rings is 1. The number of rotatable bonds is 6. The number of imidazole rings is 1. The fourth-order valence-electron chi connectivity index (χ4n) is 2.27. The smallest absolute Gasteiger partial charge is 0.126 e. The van der Waals surface area contributed by atoms with Crippen LogP contribution in [0.5, 0.6) is 5.75 Å². The molecule has 0 radical (unpaired) electrons. The van der Waals surface area contributed by atoms with E-state index >= 15 is 0 Å². The largest absolute Gasteiger partial charge is 0.497 e. The van der Waals surface area contributed by atoms with Crippen LogP contribution in [-0.2, 0) is 6.54 Å². The Balaban J connectivity index is 2.53. The number of aliphatic hydroxyl groups excluding tert-OH is 1. The van der Waals surface area contributed by atoms with E-state index in [1.54, 1.807) is 7.11 Å². The molecule has 0 fully saturated rings. The third-order valence-corrected chi connectivity index (χ3v) is 3.67. The Morgan fingerprint density at radius 2 is 2.15 bits per heavy atom. The van der Waals surface area contributed by atoms with Crippen molar-refractivity contribution in [2.24, 2.45) is 0 Å². The van der Waals surface area contributed by atoms with Crippen molar-refractivity contribution in [1.82, 2.24) is 14.5 Å². The van der Waals surface area contributed by atoms with E-state index in [1.165, 1.54) is 0 Å². The number of aryl methyl sites for hydroxylation is 1. The molecule has 1 N–H and O–H groups in total. The summed E-state index contributed by atoms with van der Waals surface area (Å²) in [6.45, 7) is 3.09. The molecule has 0 bridgehead atoms. The van der Waals surface area contributed by atoms with Gasteiger partial charge in [-0.25, -0.2) is 4.98 Å². The molecule has 2 aromatic rings. The van der Waals surface area contributed by atoms with Crippen molar-refractivity contribution in [3.8, 4) is 5.75 Å². The van der Waals surface area contributed by atoms with Gasteiger partial charge in [0, 0.05) is 19.2 Å². The van der Waals surface area contributed by atoms with E-state index in [9.17, 15) is 0 Å². The molecule has 1 atom stereocenters. The minimum atomic E-state index is 0.186. The summed E-state index contributed by atoms with van der Waals surface area (Å²) in [5.41, 5.74) is 2.02. The average Bonchev–Trinajstić information content (AvgIpc) is 2.81. The Kier molecular flexibility index (Phi) is 4.62. The number of aromatic nitrogens is 2. The number of ether oxygens (including phenoxy) is 1. The fourth-order valence-corrected chi connectivity index (χ4v) is 2.27. The van der Waals surface area contributed by atoms with Crippen molar-refractivity contribution >= 4 is 11.0 Å². The number of hydrogen-bond acceptors (Lipinski definition) is 4. The third-order valence-electron chi connectivity index (χ3n) is 3.67. The van der Waals surface area contributed by atoms with Crippen molar-refractivity contribution in [2.45, 2.75) is 25.9 Å². The molecule has 2 rings (SSSR count). The van der Waals surface area contributed by atoms with E-state index in [0.29, 0.717) is 0 Å². The lowest BCUT2D eigenvalue weighted by Gasteiger charge is -2.20. The molecule has 1 heterocycles. The van der Waals surface area contributed by atoms with Gasteiger partial charge in [-0.05, 0) is 39.6 Å². The Morgan fingerprint density at radius 3 is 2.75 bits per heavy atom. The minimum Gasteiger partial charge on any atom is -0.497 e. The molecule has 1 unspecified atom stereocenters. The first-order valence-electron chi connectivity index (χ1n) is 6.90. The first kappa shape index (κ1) is 14.8. The van der Waals surface area contributed by atoms with Crippen molar-refractivity contribution < 1.29 is 9.84 Å². The van der Waals surface area contributed by atoms with Crippen LogP contribution in [-0.4, -0.2) is 47.4 Å². The van der Waals surface area contributed by atoms with Gasteiger partial charge in [0.2, 0.25) is 0 Å².